The topological polar surface area (TPSA) is 16.4 Å². The molecule has 12 rings (SSSR count). The van der Waals surface area contributed by atoms with Crippen LogP contribution in [-0.2, 0) is 0 Å². The maximum Gasteiger partial charge on any atom is 0.136 e. The van der Waals surface area contributed by atoms with Crippen molar-refractivity contribution in [3.05, 3.63) is 261 Å². The number of fused-ring (bicyclic) bond motifs is 4. The van der Waals surface area contributed by atoms with Crippen LogP contribution in [0.15, 0.2) is 265 Å². The molecule has 0 atom stereocenters. The van der Waals surface area contributed by atoms with Gasteiger partial charge in [0.05, 0.1) is 5.69 Å². The van der Waals surface area contributed by atoms with Crippen LogP contribution in [0.5, 0.6) is 0 Å². The van der Waals surface area contributed by atoms with Crippen LogP contribution in [0.2, 0.25) is 0 Å². The summed E-state index contributed by atoms with van der Waals surface area (Å²) in [6, 6.07) is 93.9. The molecule has 0 radical (unpaired) electrons. The number of anilines is 3. The number of furan rings is 1. The molecule has 2 heteroatoms. The van der Waals surface area contributed by atoms with Gasteiger partial charge in [-0.3, -0.25) is 0 Å². The van der Waals surface area contributed by atoms with Gasteiger partial charge in [-0.2, -0.15) is 0 Å². The van der Waals surface area contributed by atoms with E-state index in [0.29, 0.717) is 0 Å². The van der Waals surface area contributed by atoms with Crippen molar-refractivity contribution in [3.8, 4) is 66.8 Å². The van der Waals surface area contributed by atoms with Crippen LogP contribution >= 0.6 is 0 Å². The van der Waals surface area contributed by atoms with Crippen molar-refractivity contribution in [1.29, 1.82) is 0 Å². The first-order valence-corrected chi connectivity index (χ1v) is 22.6. The van der Waals surface area contributed by atoms with Gasteiger partial charge in [0.2, 0.25) is 0 Å². The van der Waals surface area contributed by atoms with Crippen LogP contribution in [0.1, 0.15) is 0 Å². The van der Waals surface area contributed by atoms with Gasteiger partial charge >= 0.3 is 0 Å². The van der Waals surface area contributed by atoms with E-state index in [0.717, 1.165) is 66.8 Å². The van der Waals surface area contributed by atoms with Crippen molar-refractivity contribution in [3.63, 3.8) is 0 Å². The van der Waals surface area contributed by atoms with Crippen molar-refractivity contribution in [2.24, 2.45) is 0 Å². The predicted octanol–water partition coefficient (Wildman–Crippen LogP) is 18.2. The maximum absolute atomic E-state index is 6.31. The Morgan fingerprint density at radius 2 is 0.697 bits per heavy atom. The number of nitrogens with zero attached hydrogens (tertiary/aromatic N) is 1. The largest absolute Gasteiger partial charge is 0.456 e. The van der Waals surface area contributed by atoms with E-state index >= 15 is 0 Å². The zero-order valence-electron chi connectivity index (χ0n) is 36.2. The molecule has 66 heavy (non-hydrogen) atoms. The normalized spacial score (nSPS) is 11.3. The minimum atomic E-state index is 0.891. The fourth-order valence-electron chi connectivity index (χ4n) is 9.79. The van der Waals surface area contributed by atoms with Gasteiger partial charge < -0.3 is 9.32 Å². The fourth-order valence-corrected chi connectivity index (χ4v) is 9.79. The van der Waals surface area contributed by atoms with Gasteiger partial charge in [-0.05, 0) is 114 Å². The second-order valence-electron chi connectivity index (χ2n) is 16.8. The molecule has 2 nitrogen and oxygen atoms in total. The highest BCUT2D eigenvalue weighted by Gasteiger charge is 2.23. The standard InChI is InChI=1S/C64H43NO/c1-3-16-46(17-4-1)55-23-9-10-24-58(55)63-56(48-18-5-2-6-19-48)27-14-29-60(63)65(52-42-38-50(39-43-52)57-28-15-31-62-64(57)59-25-11-12-30-61(59)66-62)51-40-36-45(37-41-51)44-32-34-49(35-33-44)54-26-13-21-47-20-7-8-22-53(47)54/h1-43H. The molecule has 0 spiro atoms. The second-order valence-corrected chi connectivity index (χ2v) is 16.8. The second kappa shape index (κ2) is 16.8. The van der Waals surface area contributed by atoms with Gasteiger partial charge in [0.15, 0.2) is 0 Å². The minimum Gasteiger partial charge on any atom is -0.456 e. The lowest BCUT2D eigenvalue weighted by Crippen LogP contribution is -2.12. The number of hydrogen-bond acceptors (Lipinski definition) is 2. The van der Waals surface area contributed by atoms with Gasteiger partial charge in [0.1, 0.15) is 11.2 Å². The molecule has 0 saturated carbocycles. The molecule has 0 unspecified atom stereocenters. The van der Waals surface area contributed by atoms with E-state index in [-0.39, 0.29) is 0 Å². The number of benzene rings is 11. The van der Waals surface area contributed by atoms with Crippen LogP contribution < -0.4 is 4.90 Å². The molecule has 0 saturated heterocycles. The molecule has 0 bridgehead atoms. The third-order valence-corrected chi connectivity index (χ3v) is 12.9. The number of para-hydroxylation sites is 1. The van der Waals surface area contributed by atoms with Gasteiger partial charge in [-0.1, -0.05) is 218 Å². The summed E-state index contributed by atoms with van der Waals surface area (Å²) in [5, 5.41) is 4.77. The molecule has 1 aromatic heterocycles. The Bertz CT molecular complexity index is 3660. The summed E-state index contributed by atoms with van der Waals surface area (Å²) in [5.41, 5.74) is 19.1. The quantitative estimate of drug-likeness (QED) is 0.144. The van der Waals surface area contributed by atoms with E-state index in [9.17, 15) is 0 Å². The van der Waals surface area contributed by atoms with Crippen molar-refractivity contribution in [1.82, 2.24) is 0 Å². The Hall–Kier alpha value is -8.72. The highest BCUT2D eigenvalue weighted by Crippen LogP contribution is 2.49. The van der Waals surface area contributed by atoms with Crippen LogP contribution in [-0.4, -0.2) is 0 Å². The van der Waals surface area contributed by atoms with E-state index in [1.54, 1.807) is 0 Å². The molecule has 0 fully saturated rings. The molecule has 11 aromatic carbocycles. The minimum absolute atomic E-state index is 0.891. The van der Waals surface area contributed by atoms with Crippen molar-refractivity contribution in [2.45, 2.75) is 0 Å². The lowest BCUT2D eigenvalue weighted by molar-refractivity contribution is 0.669. The Kier molecular flexibility index (Phi) is 9.89. The van der Waals surface area contributed by atoms with Gasteiger partial charge in [0.25, 0.3) is 0 Å². The predicted molar refractivity (Wildman–Crippen MR) is 279 cm³/mol. The van der Waals surface area contributed by atoms with E-state index in [1.165, 1.54) is 49.7 Å². The van der Waals surface area contributed by atoms with E-state index < -0.39 is 0 Å². The van der Waals surface area contributed by atoms with Gasteiger partial charge in [-0.25, -0.2) is 0 Å². The Morgan fingerprint density at radius 1 is 0.258 bits per heavy atom. The molecule has 0 N–H and O–H groups in total. The molecular formula is C64H43NO. The van der Waals surface area contributed by atoms with E-state index in [4.69, 9.17) is 4.42 Å². The van der Waals surface area contributed by atoms with E-state index in [2.05, 4.69) is 254 Å². The third kappa shape index (κ3) is 7.02. The van der Waals surface area contributed by atoms with Crippen molar-refractivity contribution >= 4 is 49.8 Å². The molecule has 310 valence electrons. The highest BCUT2D eigenvalue weighted by molar-refractivity contribution is 6.12. The van der Waals surface area contributed by atoms with Gasteiger partial charge in [0, 0.05) is 27.7 Å². The third-order valence-electron chi connectivity index (χ3n) is 12.9. The summed E-state index contributed by atoms with van der Waals surface area (Å²) >= 11 is 0. The molecule has 0 aliphatic carbocycles. The Morgan fingerprint density at radius 3 is 1.42 bits per heavy atom. The zero-order valence-corrected chi connectivity index (χ0v) is 36.2. The smallest absolute Gasteiger partial charge is 0.136 e. The maximum atomic E-state index is 6.31. The van der Waals surface area contributed by atoms with Gasteiger partial charge in [-0.15, -0.1) is 0 Å². The first kappa shape index (κ1) is 38.9. The van der Waals surface area contributed by atoms with Crippen LogP contribution in [0.3, 0.4) is 0 Å². The highest BCUT2D eigenvalue weighted by atomic mass is 16.3. The monoisotopic (exact) mass is 841 g/mol. The summed E-state index contributed by atoms with van der Waals surface area (Å²) in [4.78, 5) is 2.43. The first-order valence-electron chi connectivity index (χ1n) is 22.6. The van der Waals surface area contributed by atoms with Crippen LogP contribution in [0, 0.1) is 0 Å². The fraction of sp³-hybridized carbons (Fsp3) is 0. The summed E-state index contributed by atoms with van der Waals surface area (Å²) in [5.74, 6) is 0. The zero-order chi connectivity index (χ0) is 43.8. The SMILES string of the molecule is c1ccc(-c2ccccc2-c2c(-c3ccccc3)cccc2N(c2ccc(-c3ccc(-c4cccc5ccccc45)cc3)cc2)c2ccc(-c3cccc4oc5ccccc5c34)cc2)cc1. The molecule has 0 aliphatic heterocycles. The Labute approximate surface area is 384 Å². The summed E-state index contributed by atoms with van der Waals surface area (Å²) in [7, 11) is 0. The average Bonchev–Trinajstić information content (AvgIpc) is 3.79. The first-order chi connectivity index (χ1) is 32.7. The molecule has 0 aliphatic rings. The lowest BCUT2D eigenvalue weighted by Gasteiger charge is -2.30. The summed E-state index contributed by atoms with van der Waals surface area (Å²) in [6.07, 6.45) is 0. The van der Waals surface area contributed by atoms with Crippen molar-refractivity contribution in [2.75, 3.05) is 4.90 Å². The summed E-state index contributed by atoms with van der Waals surface area (Å²) in [6.45, 7) is 0. The number of rotatable bonds is 9. The van der Waals surface area contributed by atoms with E-state index in [1.807, 2.05) is 12.1 Å². The molecule has 0 amide bonds. The molecular weight excluding hydrogens is 799 g/mol. The average molecular weight is 842 g/mol. The Balaban J connectivity index is 1.01. The molecule has 1 heterocycles. The summed E-state index contributed by atoms with van der Waals surface area (Å²) < 4.78 is 6.31. The lowest BCUT2D eigenvalue weighted by atomic mass is 9.87. The number of hydrogen-bond donors (Lipinski definition) is 0. The van der Waals surface area contributed by atoms with Crippen LogP contribution in [0.25, 0.3) is 99.5 Å². The molecule has 12 aromatic rings. The van der Waals surface area contributed by atoms with Crippen molar-refractivity contribution < 1.29 is 4.42 Å². The van der Waals surface area contributed by atoms with Crippen LogP contribution in [0.4, 0.5) is 17.1 Å².